The first-order valence-corrected chi connectivity index (χ1v) is 4.78. The van der Waals surface area contributed by atoms with Crippen molar-refractivity contribution in [2.75, 3.05) is 5.88 Å². The SMILES string of the molecule is CC(CCl)NC(=O)c1ccc([N+](=O)[O-])[nH]1. The van der Waals surface area contributed by atoms with Crippen molar-refractivity contribution < 1.29 is 9.72 Å². The highest BCUT2D eigenvalue weighted by Gasteiger charge is 2.16. The molecule has 15 heavy (non-hydrogen) atoms. The molecule has 1 rings (SSSR count). The fourth-order valence-corrected chi connectivity index (χ4v) is 1.04. The van der Waals surface area contributed by atoms with E-state index in [0.29, 0.717) is 0 Å². The largest absolute Gasteiger partial charge is 0.358 e. The first kappa shape index (κ1) is 11.5. The molecule has 0 aliphatic heterocycles. The second kappa shape index (κ2) is 4.79. The summed E-state index contributed by atoms with van der Waals surface area (Å²) < 4.78 is 0. The molecule has 1 aromatic rings. The summed E-state index contributed by atoms with van der Waals surface area (Å²) in [6, 6.07) is 2.41. The van der Waals surface area contributed by atoms with E-state index in [0.717, 1.165) is 0 Å². The van der Waals surface area contributed by atoms with Crippen LogP contribution in [-0.2, 0) is 0 Å². The van der Waals surface area contributed by atoms with Crippen molar-refractivity contribution in [1.29, 1.82) is 0 Å². The van der Waals surface area contributed by atoms with Crippen LogP contribution < -0.4 is 5.32 Å². The highest BCUT2D eigenvalue weighted by molar-refractivity contribution is 6.18. The lowest BCUT2D eigenvalue weighted by molar-refractivity contribution is -0.389. The number of hydrogen-bond donors (Lipinski definition) is 2. The number of nitrogens with zero attached hydrogens (tertiary/aromatic N) is 1. The number of aromatic nitrogens is 1. The number of aromatic amines is 1. The topological polar surface area (TPSA) is 88.0 Å². The van der Waals surface area contributed by atoms with Crippen molar-refractivity contribution in [2.24, 2.45) is 0 Å². The van der Waals surface area contributed by atoms with E-state index in [1.54, 1.807) is 6.92 Å². The van der Waals surface area contributed by atoms with Crippen molar-refractivity contribution in [2.45, 2.75) is 13.0 Å². The molecule has 1 aromatic heterocycles. The maximum Gasteiger partial charge on any atom is 0.321 e. The van der Waals surface area contributed by atoms with Crippen LogP contribution in [0.4, 0.5) is 5.82 Å². The Morgan fingerprint density at radius 3 is 2.87 bits per heavy atom. The molecule has 0 aliphatic carbocycles. The highest BCUT2D eigenvalue weighted by Crippen LogP contribution is 2.09. The van der Waals surface area contributed by atoms with Gasteiger partial charge in [0.15, 0.2) is 5.69 Å². The summed E-state index contributed by atoms with van der Waals surface area (Å²) in [6.45, 7) is 1.74. The molecule has 6 nitrogen and oxygen atoms in total. The van der Waals surface area contributed by atoms with Gasteiger partial charge in [0.2, 0.25) is 0 Å². The van der Waals surface area contributed by atoms with Gasteiger partial charge >= 0.3 is 5.82 Å². The number of H-pyrrole nitrogens is 1. The van der Waals surface area contributed by atoms with Crippen molar-refractivity contribution in [1.82, 2.24) is 10.3 Å². The fraction of sp³-hybridized carbons (Fsp3) is 0.375. The zero-order chi connectivity index (χ0) is 11.4. The number of alkyl halides is 1. The molecule has 0 spiro atoms. The minimum Gasteiger partial charge on any atom is -0.358 e. The molecule has 82 valence electrons. The van der Waals surface area contributed by atoms with Crippen LogP contribution in [0.25, 0.3) is 0 Å². The van der Waals surface area contributed by atoms with Crippen LogP contribution in [0.5, 0.6) is 0 Å². The Balaban J connectivity index is 2.70. The molecule has 7 heteroatoms. The quantitative estimate of drug-likeness (QED) is 0.465. The Morgan fingerprint density at radius 2 is 2.40 bits per heavy atom. The first-order valence-electron chi connectivity index (χ1n) is 4.25. The van der Waals surface area contributed by atoms with Gasteiger partial charge in [-0.05, 0) is 17.9 Å². The average molecular weight is 232 g/mol. The van der Waals surface area contributed by atoms with Gasteiger partial charge in [-0.25, -0.2) is 4.98 Å². The predicted octanol–water partition coefficient (Wildman–Crippen LogP) is 1.28. The third kappa shape index (κ3) is 2.95. The summed E-state index contributed by atoms with van der Waals surface area (Å²) in [6.07, 6.45) is 0. The molecule has 1 unspecified atom stereocenters. The van der Waals surface area contributed by atoms with Crippen LogP contribution >= 0.6 is 11.6 Å². The van der Waals surface area contributed by atoms with Crippen LogP contribution in [0.2, 0.25) is 0 Å². The number of carbonyl (C=O) groups is 1. The van der Waals surface area contributed by atoms with Crippen LogP contribution in [0.3, 0.4) is 0 Å². The monoisotopic (exact) mass is 231 g/mol. The lowest BCUT2D eigenvalue weighted by Gasteiger charge is -2.07. The number of carbonyl (C=O) groups excluding carboxylic acids is 1. The molecule has 0 radical (unpaired) electrons. The Bertz CT molecular complexity index is 377. The van der Waals surface area contributed by atoms with Gasteiger partial charge in [-0.3, -0.25) is 4.79 Å². The Kier molecular flexibility index (Phi) is 3.68. The summed E-state index contributed by atoms with van der Waals surface area (Å²) in [4.78, 5) is 23.6. The van der Waals surface area contributed by atoms with Crippen LogP contribution in [-0.4, -0.2) is 27.7 Å². The van der Waals surface area contributed by atoms with E-state index >= 15 is 0 Å². The molecular weight excluding hydrogens is 222 g/mol. The van der Waals surface area contributed by atoms with Gasteiger partial charge in [-0.15, -0.1) is 11.6 Å². The molecule has 0 bridgehead atoms. The minimum atomic E-state index is -0.595. The number of amides is 1. The van der Waals surface area contributed by atoms with E-state index in [1.807, 2.05) is 0 Å². The molecule has 0 saturated carbocycles. The molecule has 1 heterocycles. The maximum atomic E-state index is 11.4. The van der Waals surface area contributed by atoms with E-state index in [2.05, 4.69) is 10.3 Å². The molecule has 1 amide bonds. The van der Waals surface area contributed by atoms with E-state index in [4.69, 9.17) is 11.6 Å². The number of nitro groups is 1. The standard InChI is InChI=1S/C8H10ClN3O3/c1-5(4-9)10-8(13)6-2-3-7(11-6)12(14)15/h2-3,5,11H,4H2,1H3,(H,10,13). The van der Waals surface area contributed by atoms with Gasteiger partial charge < -0.3 is 15.4 Å². The molecule has 0 aliphatic rings. The minimum absolute atomic E-state index is 0.152. The second-order valence-corrected chi connectivity index (χ2v) is 3.35. The van der Waals surface area contributed by atoms with Gasteiger partial charge in [0.05, 0.1) is 0 Å². The third-order valence-corrected chi connectivity index (χ3v) is 2.18. The maximum absolute atomic E-state index is 11.4. The molecular formula is C8H10ClN3O3. The van der Waals surface area contributed by atoms with Gasteiger partial charge in [0.25, 0.3) is 5.91 Å². The zero-order valence-corrected chi connectivity index (χ0v) is 8.75. The van der Waals surface area contributed by atoms with Crippen LogP contribution in [0, 0.1) is 10.1 Å². The molecule has 1 atom stereocenters. The molecule has 0 saturated heterocycles. The van der Waals surface area contributed by atoms with E-state index in [9.17, 15) is 14.9 Å². The smallest absolute Gasteiger partial charge is 0.321 e. The van der Waals surface area contributed by atoms with Gasteiger partial charge in [0, 0.05) is 18.0 Å². The van der Waals surface area contributed by atoms with Crippen molar-refractivity contribution in [3.8, 4) is 0 Å². The Hall–Kier alpha value is -1.56. The van der Waals surface area contributed by atoms with Crippen LogP contribution in [0.15, 0.2) is 12.1 Å². The molecule has 2 N–H and O–H groups in total. The molecule has 0 fully saturated rings. The zero-order valence-electron chi connectivity index (χ0n) is 7.99. The lowest BCUT2D eigenvalue weighted by Crippen LogP contribution is -2.33. The Morgan fingerprint density at radius 1 is 1.73 bits per heavy atom. The predicted molar refractivity (Wildman–Crippen MR) is 55.1 cm³/mol. The van der Waals surface area contributed by atoms with E-state index < -0.39 is 10.8 Å². The summed E-state index contributed by atoms with van der Waals surface area (Å²) >= 11 is 5.51. The van der Waals surface area contributed by atoms with Gasteiger partial charge in [-0.1, -0.05) is 0 Å². The lowest BCUT2D eigenvalue weighted by atomic mass is 10.3. The highest BCUT2D eigenvalue weighted by atomic mass is 35.5. The second-order valence-electron chi connectivity index (χ2n) is 3.04. The van der Waals surface area contributed by atoms with Crippen LogP contribution in [0.1, 0.15) is 17.4 Å². The number of rotatable bonds is 4. The summed E-state index contributed by atoms with van der Waals surface area (Å²) in [5.74, 6) is -0.330. The fourth-order valence-electron chi connectivity index (χ4n) is 0.963. The van der Waals surface area contributed by atoms with Crippen molar-refractivity contribution >= 4 is 23.3 Å². The molecule has 0 aromatic carbocycles. The van der Waals surface area contributed by atoms with Crippen molar-refractivity contribution in [3.63, 3.8) is 0 Å². The van der Waals surface area contributed by atoms with E-state index in [1.165, 1.54) is 12.1 Å². The van der Waals surface area contributed by atoms with Gasteiger partial charge in [0.1, 0.15) is 0 Å². The van der Waals surface area contributed by atoms with Crippen molar-refractivity contribution in [3.05, 3.63) is 27.9 Å². The first-order chi connectivity index (χ1) is 7.04. The van der Waals surface area contributed by atoms with Gasteiger partial charge in [-0.2, -0.15) is 0 Å². The van der Waals surface area contributed by atoms with E-state index in [-0.39, 0.29) is 23.4 Å². The summed E-state index contributed by atoms with van der Waals surface area (Å²) in [5, 5.41) is 12.9. The third-order valence-electron chi connectivity index (χ3n) is 1.72. The number of hydrogen-bond acceptors (Lipinski definition) is 3. The average Bonchev–Trinajstić information content (AvgIpc) is 2.66. The summed E-state index contributed by atoms with van der Waals surface area (Å²) in [7, 11) is 0. The number of halogens is 1. The number of nitrogens with one attached hydrogen (secondary N) is 2. The normalized spacial score (nSPS) is 12.1. The summed E-state index contributed by atoms with van der Waals surface area (Å²) in [5.41, 5.74) is 0.152. The Labute approximate surface area is 90.8 Å².